The van der Waals surface area contributed by atoms with E-state index in [-0.39, 0.29) is 17.7 Å². The van der Waals surface area contributed by atoms with E-state index >= 15 is 0 Å². The summed E-state index contributed by atoms with van der Waals surface area (Å²) in [7, 11) is 2.96. The van der Waals surface area contributed by atoms with Gasteiger partial charge in [0.1, 0.15) is 5.78 Å². The van der Waals surface area contributed by atoms with Crippen molar-refractivity contribution in [1.29, 1.82) is 0 Å². The minimum Gasteiger partial charge on any atom is -0.453 e. The molecule has 1 atom stereocenters. The SMILES string of the molecule is COC(=O)N(C)C1CN(C(=O)C(Cl)Cl)C2(CCC(=O)CC2)C1. The largest absolute Gasteiger partial charge is 0.453 e. The van der Waals surface area contributed by atoms with Gasteiger partial charge >= 0.3 is 6.09 Å². The third-order valence-electron chi connectivity index (χ3n) is 4.78. The Kier molecular flexibility index (Phi) is 5.22. The van der Waals surface area contributed by atoms with E-state index in [4.69, 9.17) is 27.9 Å². The van der Waals surface area contributed by atoms with Gasteiger partial charge in [0.2, 0.25) is 0 Å². The molecule has 124 valence electrons. The van der Waals surface area contributed by atoms with Gasteiger partial charge in [-0.1, -0.05) is 23.2 Å². The second kappa shape index (κ2) is 6.62. The molecule has 6 nitrogen and oxygen atoms in total. The third kappa shape index (κ3) is 3.18. The topological polar surface area (TPSA) is 66.9 Å². The van der Waals surface area contributed by atoms with Gasteiger partial charge in [0.05, 0.1) is 13.2 Å². The lowest BCUT2D eigenvalue weighted by Gasteiger charge is -2.41. The Labute approximate surface area is 139 Å². The van der Waals surface area contributed by atoms with Gasteiger partial charge in [-0.05, 0) is 19.3 Å². The molecule has 0 aromatic rings. The number of Topliss-reactive ketones (excluding diaryl/α,β-unsaturated/α-hetero) is 1. The average Bonchev–Trinajstić information content (AvgIpc) is 2.87. The second-order valence-electron chi connectivity index (χ2n) is 5.95. The van der Waals surface area contributed by atoms with Crippen molar-refractivity contribution in [1.82, 2.24) is 9.80 Å². The second-order valence-corrected chi connectivity index (χ2v) is 7.05. The number of ketones is 1. The molecular formula is C14H20Cl2N2O4. The maximum atomic E-state index is 12.4. The lowest BCUT2D eigenvalue weighted by molar-refractivity contribution is -0.137. The molecule has 2 fully saturated rings. The highest BCUT2D eigenvalue weighted by Crippen LogP contribution is 2.42. The molecule has 1 heterocycles. The number of carbonyl (C=O) groups is 3. The van der Waals surface area contributed by atoms with E-state index in [1.807, 2.05) is 0 Å². The fourth-order valence-corrected chi connectivity index (χ4v) is 3.72. The number of hydrogen-bond donors (Lipinski definition) is 0. The molecule has 0 N–H and O–H groups in total. The van der Waals surface area contributed by atoms with Crippen LogP contribution in [0.5, 0.6) is 0 Å². The molecular weight excluding hydrogens is 331 g/mol. The lowest BCUT2D eigenvalue weighted by Crippen LogP contribution is -2.51. The molecule has 2 amide bonds. The van der Waals surface area contributed by atoms with Crippen molar-refractivity contribution >= 4 is 41.0 Å². The van der Waals surface area contributed by atoms with E-state index in [1.165, 1.54) is 12.0 Å². The number of nitrogens with zero attached hydrogens (tertiary/aromatic N) is 2. The fraction of sp³-hybridized carbons (Fsp3) is 0.786. The first kappa shape index (κ1) is 17.3. The van der Waals surface area contributed by atoms with Gasteiger partial charge in [0, 0.05) is 32.0 Å². The van der Waals surface area contributed by atoms with Crippen LogP contribution in [0.2, 0.25) is 0 Å². The van der Waals surface area contributed by atoms with Crippen molar-refractivity contribution in [3.8, 4) is 0 Å². The number of alkyl halides is 2. The van der Waals surface area contributed by atoms with Crippen molar-refractivity contribution in [3.63, 3.8) is 0 Å². The van der Waals surface area contributed by atoms with Gasteiger partial charge in [-0.3, -0.25) is 9.59 Å². The number of likely N-dealkylation sites (tertiary alicyclic amines) is 1. The molecule has 1 saturated heterocycles. The highest BCUT2D eigenvalue weighted by atomic mass is 35.5. The number of rotatable bonds is 2. The molecule has 22 heavy (non-hydrogen) atoms. The van der Waals surface area contributed by atoms with Gasteiger partial charge < -0.3 is 14.5 Å². The Morgan fingerprint density at radius 3 is 2.45 bits per heavy atom. The highest BCUT2D eigenvalue weighted by molar-refractivity contribution is 6.53. The predicted molar refractivity (Wildman–Crippen MR) is 82.0 cm³/mol. The van der Waals surface area contributed by atoms with Crippen molar-refractivity contribution in [3.05, 3.63) is 0 Å². The molecule has 1 spiro atoms. The van der Waals surface area contributed by atoms with Gasteiger partial charge in [0.15, 0.2) is 4.84 Å². The molecule has 0 aromatic carbocycles. The van der Waals surface area contributed by atoms with Gasteiger partial charge in [-0.25, -0.2) is 4.79 Å². The summed E-state index contributed by atoms with van der Waals surface area (Å²) in [5.41, 5.74) is -0.444. The fourth-order valence-electron chi connectivity index (χ4n) is 3.48. The number of halogens is 2. The lowest BCUT2D eigenvalue weighted by atomic mass is 9.78. The van der Waals surface area contributed by atoms with Crippen LogP contribution in [-0.4, -0.2) is 64.7 Å². The Balaban J connectivity index is 2.23. The first-order chi connectivity index (χ1) is 10.3. The van der Waals surface area contributed by atoms with Gasteiger partial charge in [0.25, 0.3) is 5.91 Å². The standard InChI is InChI=1S/C14H20Cl2N2O4/c1-17(13(21)22-2)9-7-14(5-3-10(19)4-6-14)18(8-9)12(20)11(15)16/h9,11H,3-8H2,1-2H3. The quantitative estimate of drug-likeness (QED) is 0.714. The first-order valence-electron chi connectivity index (χ1n) is 7.23. The molecule has 0 radical (unpaired) electrons. The normalized spacial score (nSPS) is 24.0. The maximum Gasteiger partial charge on any atom is 0.409 e. The number of methoxy groups -OCH3 is 1. The minimum atomic E-state index is -1.14. The maximum absolute atomic E-state index is 12.4. The molecule has 1 unspecified atom stereocenters. The van der Waals surface area contributed by atoms with E-state index < -0.39 is 16.5 Å². The van der Waals surface area contributed by atoms with Crippen LogP contribution in [0.25, 0.3) is 0 Å². The number of carbonyl (C=O) groups excluding carboxylic acids is 3. The van der Waals surface area contributed by atoms with Crippen molar-refractivity contribution in [2.75, 3.05) is 20.7 Å². The zero-order chi connectivity index (χ0) is 16.5. The minimum absolute atomic E-state index is 0.170. The Hall–Kier alpha value is -1.01. The van der Waals surface area contributed by atoms with Crippen molar-refractivity contribution in [2.24, 2.45) is 0 Å². The summed E-state index contributed by atoms with van der Waals surface area (Å²) in [4.78, 5) is 37.6. The average molecular weight is 351 g/mol. The van der Waals surface area contributed by atoms with E-state index in [2.05, 4.69) is 0 Å². The summed E-state index contributed by atoms with van der Waals surface area (Å²) in [6.07, 6.45) is 2.21. The summed E-state index contributed by atoms with van der Waals surface area (Å²) in [5, 5.41) is 0. The monoisotopic (exact) mass is 350 g/mol. The summed E-state index contributed by atoms with van der Waals surface area (Å²) < 4.78 is 4.74. The van der Waals surface area contributed by atoms with Crippen LogP contribution in [0, 0.1) is 0 Å². The molecule has 2 aliphatic rings. The summed E-state index contributed by atoms with van der Waals surface area (Å²) in [6.45, 7) is 0.356. The predicted octanol–water partition coefficient (Wildman–Crippen LogP) is 1.97. The molecule has 1 saturated carbocycles. The third-order valence-corrected chi connectivity index (χ3v) is 5.16. The summed E-state index contributed by atoms with van der Waals surface area (Å²) in [6, 6.07) is -0.170. The Morgan fingerprint density at radius 2 is 1.95 bits per heavy atom. The van der Waals surface area contributed by atoms with Crippen LogP contribution in [-0.2, 0) is 14.3 Å². The van der Waals surface area contributed by atoms with Crippen LogP contribution >= 0.6 is 23.2 Å². The van der Waals surface area contributed by atoms with Gasteiger partial charge in [-0.2, -0.15) is 0 Å². The van der Waals surface area contributed by atoms with E-state index in [1.54, 1.807) is 11.9 Å². The molecule has 0 aromatic heterocycles. The van der Waals surface area contributed by atoms with E-state index in [0.717, 1.165) is 0 Å². The van der Waals surface area contributed by atoms with Crippen LogP contribution in [0.15, 0.2) is 0 Å². The van der Waals surface area contributed by atoms with Crippen LogP contribution < -0.4 is 0 Å². The zero-order valence-corrected chi connectivity index (χ0v) is 14.2. The van der Waals surface area contributed by atoms with E-state index in [0.29, 0.717) is 38.6 Å². The molecule has 2 rings (SSSR count). The summed E-state index contributed by atoms with van der Waals surface area (Å²) >= 11 is 11.5. The zero-order valence-electron chi connectivity index (χ0n) is 12.7. The van der Waals surface area contributed by atoms with Crippen molar-refractivity contribution in [2.45, 2.75) is 48.5 Å². The van der Waals surface area contributed by atoms with Crippen molar-refractivity contribution < 1.29 is 19.1 Å². The Morgan fingerprint density at radius 1 is 1.36 bits per heavy atom. The number of hydrogen-bond acceptors (Lipinski definition) is 4. The molecule has 0 bridgehead atoms. The smallest absolute Gasteiger partial charge is 0.409 e. The molecule has 8 heteroatoms. The molecule has 1 aliphatic heterocycles. The van der Waals surface area contributed by atoms with Crippen LogP contribution in [0.4, 0.5) is 4.79 Å². The van der Waals surface area contributed by atoms with E-state index in [9.17, 15) is 14.4 Å². The number of ether oxygens (including phenoxy) is 1. The van der Waals surface area contributed by atoms with Crippen LogP contribution in [0.3, 0.4) is 0 Å². The summed E-state index contributed by atoms with van der Waals surface area (Å²) in [5.74, 6) is -0.158. The van der Waals surface area contributed by atoms with Crippen LogP contribution in [0.1, 0.15) is 32.1 Å². The van der Waals surface area contributed by atoms with Gasteiger partial charge in [-0.15, -0.1) is 0 Å². The number of amides is 2. The number of likely N-dealkylation sites (N-methyl/N-ethyl adjacent to an activating group) is 1. The first-order valence-corrected chi connectivity index (χ1v) is 8.10. The molecule has 1 aliphatic carbocycles. The Bertz CT molecular complexity index is 473. The highest BCUT2D eigenvalue weighted by Gasteiger charge is 2.51.